The minimum absolute atomic E-state index is 0.182. The lowest BCUT2D eigenvalue weighted by Crippen LogP contribution is -2.39. The van der Waals surface area contributed by atoms with Crippen molar-refractivity contribution < 1.29 is 14.3 Å². The molecule has 1 amide bonds. The van der Waals surface area contributed by atoms with Crippen LogP contribution in [-0.4, -0.2) is 43.7 Å². The molecule has 1 fully saturated rings. The SMILES string of the molecule is C=CCOCC1CCN(C(=O)CCOc2ccccc2)CC1. The molecule has 1 heterocycles. The average Bonchev–Trinajstić information content (AvgIpc) is 2.56. The van der Waals surface area contributed by atoms with Gasteiger partial charge in [0.05, 0.1) is 19.6 Å². The number of ether oxygens (including phenoxy) is 2. The smallest absolute Gasteiger partial charge is 0.225 e. The monoisotopic (exact) mass is 303 g/mol. The van der Waals surface area contributed by atoms with Gasteiger partial charge in [-0.05, 0) is 30.9 Å². The van der Waals surface area contributed by atoms with E-state index in [-0.39, 0.29) is 5.91 Å². The largest absolute Gasteiger partial charge is 0.493 e. The van der Waals surface area contributed by atoms with Crippen molar-refractivity contribution in [1.82, 2.24) is 4.90 Å². The van der Waals surface area contributed by atoms with Crippen LogP contribution < -0.4 is 4.74 Å². The summed E-state index contributed by atoms with van der Waals surface area (Å²) in [6.07, 6.45) is 4.24. The van der Waals surface area contributed by atoms with Crippen molar-refractivity contribution >= 4 is 5.91 Å². The second kappa shape index (κ2) is 9.26. The van der Waals surface area contributed by atoms with Gasteiger partial charge in [0.15, 0.2) is 0 Å². The number of piperidine rings is 1. The molecule has 1 aromatic rings. The van der Waals surface area contributed by atoms with Crippen LogP contribution >= 0.6 is 0 Å². The Morgan fingerprint density at radius 2 is 2.00 bits per heavy atom. The van der Waals surface area contributed by atoms with Gasteiger partial charge in [0, 0.05) is 19.7 Å². The fraction of sp³-hybridized carbons (Fsp3) is 0.500. The number of likely N-dealkylation sites (tertiary alicyclic amines) is 1. The Hall–Kier alpha value is -1.81. The number of carbonyl (C=O) groups excluding carboxylic acids is 1. The molecule has 4 heteroatoms. The fourth-order valence-corrected chi connectivity index (χ4v) is 2.60. The molecule has 0 unspecified atom stereocenters. The Labute approximate surface area is 132 Å². The molecule has 0 atom stereocenters. The normalized spacial score (nSPS) is 15.5. The summed E-state index contributed by atoms with van der Waals surface area (Å²) < 4.78 is 11.1. The van der Waals surface area contributed by atoms with E-state index in [1.807, 2.05) is 35.2 Å². The highest BCUT2D eigenvalue weighted by Crippen LogP contribution is 2.18. The van der Waals surface area contributed by atoms with Gasteiger partial charge >= 0.3 is 0 Å². The summed E-state index contributed by atoms with van der Waals surface area (Å²) >= 11 is 0. The number of carbonyl (C=O) groups is 1. The molecule has 1 saturated heterocycles. The molecule has 0 bridgehead atoms. The Morgan fingerprint density at radius 1 is 1.27 bits per heavy atom. The van der Waals surface area contributed by atoms with Gasteiger partial charge in [-0.2, -0.15) is 0 Å². The minimum atomic E-state index is 0.182. The number of nitrogens with zero attached hydrogens (tertiary/aromatic N) is 1. The highest BCUT2D eigenvalue weighted by atomic mass is 16.5. The van der Waals surface area contributed by atoms with Crippen LogP contribution in [0.1, 0.15) is 19.3 Å². The van der Waals surface area contributed by atoms with Gasteiger partial charge in [-0.25, -0.2) is 0 Å². The lowest BCUT2D eigenvalue weighted by atomic mass is 9.97. The van der Waals surface area contributed by atoms with Crippen molar-refractivity contribution in [1.29, 1.82) is 0 Å². The molecule has 0 aromatic heterocycles. The number of hydrogen-bond acceptors (Lipinski definition) is 3. The molecule has 0 spiro atoms. The molecule has 4 nitrogen and oxygen atoms in total. The Balaban J connectivity index is 1.61. The maximum Gasteiger partial charge on any atom is 0.225 e. The third-order valence-corrected chi connectivity index (χ3v) is 3.88. The summed E-state index contributed by atoms with van der Waals surface area (Å²) in [5.74, 6) is 1.55. The van der Waals surface area contributed by atoms with Crippen LogP contribution in [0.5, 0.6) is 5.75 Å². The molecule has 0 N–H and O–H groups in total. The maximum atomic E-state index is 12.2. The minimum Gasteiger partial charge on any atom is -0.493 e. The van der Waals surface area contributed by atoms with Crippen molar-refractivity contribution in [2.24, 2.45) is 5.92 Å². The zero-order valence-corrected chi connectivity index (χ0v) is 13.1. The Kier molecular flexibility index (Phi) is 6.97. The van der Waals surface area contributed by atoms with E-state index < -0.39 is 0 Å². The van der Waals surface area contributed by atoms with Gasteiger partial charge in [-0.1, -0.05) is 24.3 Å². The lowest BCUT2D eigenvalue weighted by Gasteiger charge is -2.31. The van der Waals surface area contributed by atoms with Crippen LogP contribution in [0.3, 0.4) is 0 Å². The van der Waals surface area contributed by atoms with Gasteiger partial charge in [-0.15, -0.1) is 6.58 Å². The first-order valence-corrected chi connectivity index (χ1v) is 7.94. The van der Waals surface area contributed by atoms with Gasteiger partial charge in [0.25, 0.3) is 0 Å². The molecule has 1 aliphatic heterocycles. The van der Waals surface area contributed by atoms with Crippen LogP contribution in [0.15, 0.2) is 43.0 Å². The molecule has 0 saturated carbocycles. The second-order valence-electron chi connectivity index (χ2n) is 5.56. The van der Waals surface area contributed by atoms with Crippen LogP contribution in [0, 0.1) is 5.92 Å². The molecular formula is C18H25NO3. The number of hydrogen-bond donors (Lipinski definition) is 0. The van der Waals surface area contributed by atoms with Crippen LogP contribution in [-0.2, 0) is 9.53 Å². The molecule has 120 valence electrons. The lowest BCUT2D eigenvalue weighted by molar-refractivity contribution is -0.133. The first-order chi connectivity index (χ1) is 10.8. The number of para-hydroxylation sites is 1. The van der Waals surface area contributed by atoms with Crippen molar-refractivity contribution in [3.8, 4) is 5.75 Å². The predicted molar refractivity (Wildman–Crippen MR) is 86.9 cm³/mol. The van der Waals surface area contributed by atoms with Crippen LogP contribution in [0.25, 0.3) is 0 Å². The fourth-order valence-electron chi connectivity index (χ4n) is 2.60. The molecule has 0 aliphatic carbocycles. The molecule has 0 radical (unpaired) electrons. The van der Waals surface area contributed by atoms with Gasteiger partial charge < -0.3 is 14.4 Å². The molecule has 2 rings (SSSR count). The number of rotatable bonds is 8. The first kappa shape index (κ1) is 16.6. The van der Waals surface area contributed by atoms with Crippen LogP contribution in [0.4, 0.5) is 0 Å². The summed E-state index contributed by atoms with van der Waals surface area (Å²) in [6, 6.07) is 9.60. The van der Waals surface area contributed by atoms with E-state index in [0.717, 1.165) is 38.3 Å². The zero-order valence-electron chi connectivity index (χ0n) is 13.1. The van der Waals surface area contributed by atoms with Gasteiger partial charge in [0.2, 0.25) is 5.91 Å². The number of amides is 1. The summed E-state index contributed by atoms with van der Waals surface area (Å²) in [7, 11) is 0. The summed E-state index contributed by atoms with van der Waals surface area (Å²) in [5.41, 5.74) is 0. The van der Waals surface area contributed by atoms with E-state index in [1.165, 1.54) is 0 Å². The van der Waals surface area contributed by atoms with E-state index >= 15 is 0 Å². The van der Waals surface area contributed by atoms with Crippen molar-refractivity contribution in [3.63, 3.8) is 0 Å². The summed E-state index contributed by atoms with van der Waals surface area (Å²) in [4.78, 5) is 14.1. The third kappa shape index (κ3) is 5.53. The summed E-state index contributed by atoms with van der Waals surface area (Å²) in [6.45, 7) is 7.10. The van der Waals surface area contributed by atoms with E-state index in [9.17, 15) is 4.79 Å². The second-order valence-corrected chi connectivity index (χ2v) is 5.56. The van der Waals surface area contributed by atoms with Gasteiger partial charge in [0.1, 0.15) is 5.75 Å². The molecule has 1 aromatic carbocycles. The Morgan fingerprint density at radius 3 is 2.68 bits per heavy atom. The van der Waals surface area contributed by atoms with E-state index in [1.54, 1.807) is 6.08 Å². The average molecular weight is 303 g/mol. The predicted octanol–water partition coefficient (Wildman–Crippen LogP) is 2.90. The third-order valence-electron chi connectivity index (χ3n) is 3.88. The maximum absolute atomic E-state index is 12.2. The summed E-state index contributed by atoms with van der Waals surface area (Å²) in [5, 5.41) is 0. The first-order valence-electron chi connectivity index (χ1n) is 7.94. The highest BCUT2D eigenvalue weighted by molar-refractivity contribution is 5.76. The Bertz CT molecular complexity index is 453. The van der Waals surface area contributed by atoms with Crippen molar-refractivity contribution in [2.75, 3.05) is 32.9 Å². The molecule has 1 aliphatic rings. The molecular weight excluding hydrogens is 278 g/mol. The zero-order chi connectivity index (χ0) is 15.6. The quantitative estimate of drug-likeness (QED) is 0.547. The molecule has 22 heavy (non-hydrogen) atoms. The van der Waals surface area contributed by atoms with E-state index in [4.69, 9.17) is 9.47 Å². The van der Waals surface area contributed by atoms with Crippen molar-refractivity contribution in [3.05, 3.63) is 43.0 Å². The van der Waals surface area contributed by atoms with Crippen LogP contribution in [0.2, 0.25) is 0 Å². The van der Waals surface area contributed by atoms with E-state index in [2.05, 4.69) is 6.58 Å². The van der Waals surface area contributed by atoms with Gasteiger partial charge in [-0.3, -0.25) is 4.79 Å². The topological polar surface area (TPSA) is 38.8 Å². The highest BCUT2D eigenvalue weighted by Gasteiger charge is 2.22. The van der Waals surface area contributed by atoms with Crippen molar-refractivity contribution in [2.45, 2.75) is 19.3 Å². The standard InChI is InChI=1S/C18H25NO3/c1-2-13-21-15-16-8-11-19(12-9-16)18(20)10-14-22-17-6-4-3-5-7-17/h2-7,16H,1,8-15H2. The number of benzene rings is 1. The van der Waals surface area contributed by atoms with E-state index in [0.29, 0.717) is 25.6 Å².